The van der Waals surface area contributed by atoms with E-state index in [2.05, 4.69) is 10.0 Å². The van der Waals surface area contributed by atoms with Gasteiger partial charge in [0.1, 0.15) is 6.04 Å². The molecule has 0 radical (unpaired) electrons. The van der Waals surface area contributed by atoms with Crippen LogP contribution in [0.15, 0.2) is 59.5 Å². The Morgan fingerprint density at radius 1 is 1.07 bits per heavy atom. The van der Waals surface area contributed by atoms with Crippen molar-refractivity contribution >= 4 is 27.8 Å². The first-order valence-electron chi connectivity index (χ1n) is 8.14. The highest BCUT2D eigenvalue weighted by Crippen LogP contribution is 2.15. The first-order valence-corrected chi connectivity index (χ1v) is 9.63. The van der Waals surface area contributed by atoms with E-state index < -0.39 is 28.1 Å². The van der Waals surface area contributed by atoms with E-state index in [1.165, 1.54) is 24.3 Å². The molecule has 144 valence electrons. The highest BCUT2D eigenvalue weighted by molar-refractivity contribution is 7.89. The molecule has 27 heavy (non-hydrogen) atoms. The third-order valence-electron chi connectivity index (χ3n) is 3.56. The molecule has 0 aliphatic carbocycles. The molecule has 0 aliphatic rings. The number of rotatable bonds is 8. The molecule has 9 heteroatoms. The predicted molar refractivity (Wildman–Crippen MR) is 99.0 cm³/mol. The minimum Gasteiger partial charge on any atom is -0.480 e. The summed E-state index contributed by atoms with van der Waals surface area (Å²) >= 11 is 0. The number of amides is 1. The number of carbonyl (C=O) groups excluding carboxylic acids is 1. The van der Waals surface area contributed by atoms with Crippen LogP contribution in [0.3, 0.4) is 0 Å². The molecule has 0 bridgehead atoms. The lowest BCUT2D eigenvalue weighted by molar-refractivity contribution is -0.138. The molecule has 0 fully saturated rings. The fraction of sp³-hybridized carbons (Fsp3) is 0.222. The molecule has 2 rings (SSSR count). The van der Waals surface area contributed by atoms with Gasteiger partial charge in [0.2, 0.25) is 10.0 Å². The smallest absolute Gasteiger partial charge is 0.411 e. The molecule has 0 aliphatic heterocycles. The SMILES string of the molecule is CCOC(=O)Nc1ccc(S(=O)(=O)N[C@H](Cc2ccccc2)C(=O)O)cc1. The van der Waals surface area contributed by atoms with Gasteiger partial charge in [-0.1, -0.05) is 30.3 Å². The number of carboxylic acid groups (broad SMARTS) is 1. The van der Waals surface area contributed by atoms with Crippen molar-refractivity contribution in [3.63, 3.8) is 0 Å². The largest absolute Gasteiger partial charge is 0.480 e. The lowest BCUT2D eigenvalue weighted by Crippen LogP contribution is -2.42. The predicted octanol–water partition coefficient (Wildman–Crippen LogP) is 2.23. The summed E-state index contributed by atoms with van der Waals surface area (Å²) in [5.41, 5.74) is 1.05. The summed E-state index contributed by atoms with van der Waals surface area (Å²) in [7, 11) is -4.05. The van der Waals surface area contributed by atoms with Crippen LogP contribution in [-0.2, 0) is 26.0 Å². The maximum Gasteiger partial charge on any atom is 0.411 e. The van der Waals surface area contributed by atoms with Gasteiger partial charge in [-0.05, 0) is 43.2 Å². The topological polar surface area (TPSA) is 122 Å². The van der Waals surface area contributed by atoms with Crippen molar-refractivity contribution in [2.45, 2.75) is 24.3 Å². The quantitative estimate of drug-likeness (QED) is 0.633. The van der Waals surface area contributed by atoms with Crippen molar-refractivity contribution in [2.75, 3.05) is 11.9 Å². The second kappa shape index (κ2) is 9.15. The van der Waals surface area contributed by atoms with E-state index in [4.69, 9.17) is 4.74 Å². The highest BCUT2D eigenvalue weighted by Gasteiger charge is 2.25. The van der Waals surface area contributed by atoms with Crippen molar-refractivity contribution in [3.05, 3.63) is 60.2 Å². The van der Waals surface area contributed by atoms with Gasteiger partial charge in [0, 0.05) is 5.69 Å². The van der Waals surface area contributed by atoms with Crippen LogP contribution < -0.4 is 10.0 Å². The number of benzene rings is 2. The van der Waals surface area contributed by atoms with Gasteiger partial charge in [0.05, 0.1) is 11.5 Å². The Bertz CT molecular complexity index is 882. The average Bonchev–Trinajstić information content (AvgIpc) is 2.62. The van der Waals surface area contributed by atoms with Crippen molar-refractivity contribution in [1.29, 1.82) is 0 Å². The van der Waals surface area contributed by atoms with Crippen LogP contribution in [0.2, 0.25) is 0 Å². The summed E-state index contributed by atoms with van der Waals surface area (Å²) < 4.78 is 31.9. The average molecular weight is 392 g/mol. The molecule has 0 heterocycles. The van der Waals surface area contributed by atoms with E-state index in [0.29, 0.717) is 11.3 Å². The number of ether oxygens (including phenoxy) is 1. The van der Waals surface area contributed by atoms with Crippen LogP contribution in [0, 0.1) is 0 Å². The van der Waals surface area contributed by atoms with Crippen LogP contribution in [-0.4, -0.2) is 38.2 Å². The van der Waals surface area contributed by atoms with Gasteiger partial charge < -0.3 is 9.84 Å². The van der Waals surface area contributed by atoms with Crippen molar-refractivity contribution < 1.29 is 27.9 Å². The monoisotopic (exact) mass is 392 g/mol. The van der Waals surface area contributed by atoms with E-state index in [1.54, 1.807) is 37.3 Å². The Balaban J connectivity index is 2.11. The zero-order valence-electron chi connectivity index (χ0n) is 14.6. The number of hydrogen-bond acceptors (Lipinski definition) is 5. The van der Waals surface area contributed by atoms with Gasteiger partial charge in [0.15, 0.2) is 0 Å². The zero-order valence-corrected chi connectivity index (χ0v) is 15.4. The van der Waals surface area contributed by atoms with E-state index >= 15 is 0 Å². The van der Waals surface area contributed by atoms with Gasteiger partial charge in [-0.25, -0.2) is 13.2 Å². The maximum absolute atomic E-state index is 12.5. The normalized spacial score (nSPS) is 12.2. The summed E-state index contributed by atoms with van der Waals surface area (Å²) in [6.07, 6.45) is -0.641. The van der Waals surface area contributed by atoms with Crippen molar-refractivity contribution in [2.24, 2.45) is 0 Å². The zero-order chi connectivity index (χ0) is 19.9. The van der Waals surface area contributed by atoms with E-state index in [-0.39, 0.29) is 17.9 Å². The summed E-state index contributed by atoms with van der Waals surface area (Å²) in [5.74, 6) is -1.27. The molecule has 2 aromatic rings. The summed E-state index contributed by atoms with van der Waals surface area (Å²) in [6.45, 7) is 1.87. The number of hydrogen-bond donors (Lipinski definition) is 3. The molecule has 0 aromatic heterocycles. The van der Waals surface area contributed by atoms with Crippen LogP contribution in [0.4, 0.5) is 10.5 Å². The Morgan fingerprint density at radius 2 is 1.70 bits per heavy atom. The second-order valence-corrected chi connectivity index (χ2v) is 7.29. The molecule has 0 saturated carbocycles. The molecule has 3 N–H and O–H groups in total. The fourth-order valence-electron chi connectivity index (χ4n) is 2.29. The fourth-order valence-corrected chi connectivity index (χ4v) is 3.48. The minimum absolute atomic E-state index is 0.0118. The first kappa shape index (κ1) is 20.4. The number of anilines is 1. The lowest BCUT2D eigenvalue weighted by Gasteiger charge is -2.15. The number of sulfonamides is 1. The van der Waals surface area contributed by atoms with Gasteiger partial charge in [-0.15, -0.1) is 0 Å². The first-order chi connectivity index (χ1) is 12.8. The van der Waals surface area contributed by atoms with E-state index in [1.807, 2.05) is 0 Å². The van der Waals surface area contributed by atoms with Crippen molar-refractivity contribution in [1.82, 2.24) is 4.72 Å². The summed E-state index contributed by atoms with van der Waals surface area (Å²) in [6, 6.07) is 12.7. The lowest BCUT2D eigenvalue weighted by atomic mass is 10.1. The third kappa shape index (κ3) is 6.08. The van der Waals surface area contributed by atoms with Crippen LogP contribution in [0.1, 0.15) is 12.5 Å². The Labute approximate surface area is 157 Å². The highest BCUT2D eigenvalue weighted by atomic mass is 32.2. The number of carbonyl (C=O) groups is 2. The number of carboxylic acids is 1. The standard InChI is InChI=1S/C18H20N2O6S/c1-2-26-18(23)19-14-8-10-15(11-9-14)27(24,25)20-16(17(21)22)12-13-6-4-3-5-7-13/h3-11,16,20H,2,12H2,1H3,(H,19,23)(H,21,22)/t16-/m1/s1. The number of nitrogens with one attached hydrogen (secondary N) is 2. The van der Waals surface area contributed by atoms with Gasteiger partial charge in [-0.3, -0.25) is 10.1 Å². The molecule has 0 saturated heterocycles. The summed E-state index contributed by atoms with van der Waals surface area (Å²) in [4.78, 5) is 22.7. The van der Waals surface area contributed by atoms with Crippen LogP contribution in [0.5, 0.6) is 0 Å². The van der Waals surface area contributed by atoms with Gasteiger partial charge in [-0.2, -0.15) is 4.72 Å². The second-order valence-electron chi connectivity index (χ2n) is 5.57. The Kier molecular flexibility index (Phi) is 6.91. The molecule has 1 amide bonds. The third-order valence-corrected chi connectivity index (χ3v) is 5.05. The van der Waals surface area contributed by atoms with Crippen LogP contribution >= 0.6 is 0 Å². The number of aliphatic carboxylic acids is 1. The van der Waals surface area contributed by atoms with Gasteiger partial charge >= 0.3 is 12.1 Å². The molecule has 1 atom stereocenters. The maximum atomic E-state index is 12.5. The van der Waals surface area contributed by atoms with E-state index in [0.717, 1.165) is 0 Å². The van der Waals surface area contributed by atoms with Crippen molar-refractivity contribution in [3.8, 4) is 0 Å². The minimum atomic E-state index is -4.05. The molecule has 2 aromatic carbocycles. The Hall–Kier alpha value is -2.91. The molecule has 0 unspecified atom stereocenters. The summed E-state index contributed by atoms with van der Waals surface area (Å²) in [5, 5.41) is 11.8. The molecular formula is C18H20N2O6S. The van der Waals surface area contributed by atoms with Gasteiger partial charge in [0.25, 0.3) is 0 Å². The molecule has 0 spiro atoms. The molecule has 8 nitrogen and oxygen atoms in total. The van der Waals surface area contributed by atoms with Crippen LogP contribution in [0.25, 0.3) is 0 Å². The Morgan fingerprint density at radius 3 is 2.26 bits per heavy atom. The van der Waals surface area contributed by atoms with E-state index in [9.17, 15) is 23.1 Å². The molecular weight excluding hydrogens is 372 g/mol.